The summed E-state index contributed by atoms with van der Waals surface area (Å²) < 4.78 is 11.2. The number of rotatable bonds is 10. The number of morpholine rings is 1. The summed E-state index contributed by atoms with van der Waals surface area (Å²) >= 11 is 0. The Kier molecular flexibility index (Phi) is 11.0. The number of aryl methyl sites for hydroxylation is 1. The van der Waals surface area contributed by atoms with Gasteiger partial charge >= 0.3 is 12.1 Å². The van der Waals surface area contributed by atoms with Crippen LogP contribution in [0, 0.1) is 12.3 Å². The maximum Gasteiger partial charge on any atom is 0.410 e. The minimum absolute atomic E-state index is 0.0295. The molecule has 230 valence electrons. The minimum Gasteiger partial charge on any atom is -0.444 e. The summed E-state index contributed by atoms with van der Waals surface area (Å²) in [5.41, 5.74) is 1.58. The standard InChI is InChI=1S/C32H53N5O4/c1-10-26-23(2)21-34-28(26)35(9)27(15-11-13-25-14-12-18-37(25)30(39)41-31(4,5)6)32(7,8)16-17-33-29(38)36-19-20-40-24(3)22-36/h10-11,13,21,24-25,27,34H,1,12,14-20,22H2,2-9H3,(H,33,38)/b13-11+/t24-,25+,27+/m0/s1. The van der Waals surface area contributed by atoms with E-state index in [4.69, 9.17) is 9.47 Å². The molecule has 0 aliphatic carbocycles. The van der Waals surface area contributed by atoms with Gasteiger partial charge < -0.3 is 34.5 Å². The third-order valence-corrected chi connectivity index (χ3v) is 8.25. The largest absolute Gasteiger partial charge is 0.444 e. The van der Waals surface area contributed by atoms with Gasteiger partial charge in [-0.3, -0.25) is 0 Å². The fraction of sp³-hybridized carbons (Fsp3) is 0.688. The number of anilines is 1. The zero-order chi connectivity index (χ0) is 30.4. The van der Waals surface area contributed by atoms with Crippen LogP contribution in [0.4, 0.5) is 15.4 Å². The number of carbonyl (C=O) groups excluding carboxylic acids is 2. The molecule has 3 heterocycles. The predicted octanol–water partition coefficient (Wildman–Crippen LogP) is 5.96. The highest BCUT2D eigenvalue weighted by atomic mass is 16.6. The molecule has 0 unspecified atom stereocenters. The number of hydrogen-bond acceptors (Lipinski definition) is 5. The molecule has 0 radical (unpaired) electrons. The van der Waals surface area contributed by atoms with E-state index < -0.39 is 5.60 Å². The lowest BCUT2D eigenvalue weighted by Gasteiger charge is -2.41. The van der Waals surface area contributed by atoms with Gasteiger partial charge in [-0.2, -0.15) is 0 Å². The Hall–Kier alpha value is -2.94. The Labute approximate surface area is 247 Å². The van der Waals surface area contributed by atoms with Crippen LogP contribution >= 0.6 is 0 Å². The van der Waals surface area contributed by atoms with Crippen molar-refractivity contribution < 1.29 is 19.1 Å². The maximum atomic E-state index is 12.8. The van der Waals surface area contributed by atoms with E-state index in [-0.39, 0.29) is 35.7 Å². The predicted molar refractivity (Wildman–Crippen MR) is 166 cm³/mol. The molecule has 9 nitrogen and oxygen atoms in total. The van der Waals surface area contributed by atoms with E-state index in [0.29, 0.717) is 32.8 Å². The number of likely N-dealkylation sites (tertiary alicyclic amines) is 1. The first kappa shape index (κ1) is 32.6. The average Bonchev–Trinajstić information content (AvgIpc) is 3.51. The molecule has 2 aliphatic rings. The van der Waals surface area contributed by atoms with Crippen LogP contribution in [0.2, 0.25) is 0 Å². The van der Waals surface area contributed by atoms with Gasteiger partial charge in [0.25, 0.3) is 0 Å². The zero-order valence-electron chi connectivity index (χ0n) is 26.6. The lowest BCUT2D eigenvalue weighted by Crippen LogP contribution is -2.50. The number of nitrogens with one attached hydrogen (secondary N) is 2. The van der Waals surface area contributed by atoms with Gasteiger partial charge in [0.1, 0.15) is 11.4 Å². The van der Waals surface area contributed by atoms with Crippen LogP contribution in [0.3, 0.4) is 0 Å². The van der Waals surface area contributed by atoms with Gasteiger partial charge in [-0.15, -0.1) is 0 Å². The van der Waals surface area contributed by atoms with E-state index in [2.05, 4.69) is 61.8 Å². The van der Waals surface area contributed by atoms with Crippen molar-refractivity contribution in [2.45, 2.75) is 97.9 Å². The van der Waals surface area contributed by atoms with Gasteiger partial charge in [0.15, 0.2) is 0 Å². The molecule has 9 heteroatoms. The van der Waals surface area contributed by atoms with Crippen molar-refractivity contribution in [1.82, 2.24) is 20.1 Å². The lowest BCUT2D eigenvalue weighted by atomic mass is 9.78. The Balaban J connectivity index is 1.73. The molecular weight excluding hydrogens is 518 g/mol. The molecule has 2 fully saturated rings. The average molecular weight is 572 g/mol. The van der Waals surface area contributed by atoms with E-state index in [9.17, 15) is 9.59 Å². The molecule has 3 amide bonds. The van der Waals surface area contributed by atoms with Gasteiger partial charge in [-0.25, -0.2) is 9.59 Å². The topological polar surface area (TPSA) is 90.1 Å². The smallest absolute Gasteiger partial charge is 0.410 e. The molecule has 0 spiro atoms. The number of H-pyrrole nitrogens is 1. The second-order valence-corrected chi connectivity index (χ2v) is 13.2. The molecule has 2 aliphatic heterocycles. The van der Waals surface area contributed by atoms with E-state index in [1.54, 1.807) is 0 Å². The maximum absolute atomic E-state index is 12.8. The lowest BCUT2D eigenvalue weighted by molar-refractivity contribution is -0.00355. The minimum atomic E-state index is -0.516. The summed E-state index contributed by atoms with van der Waals surface area (Å²) in [6, 6.07) is 0.121. The Morgan fingerprint density at radius 1 is 1.29 bits per heavy atom. The fourth-order valence-electron chi connectivity index (χ4n) is 5.90. The molecule has 3 atom stereocenters. The number of nitrogens with zero attached hydrogens (tertiary/aromatic N) is 3. The van der Waals surface area contributed by atoms with Crippen molar-refractivity contribution in [3.8, 4) is 0 Å². The first-order valence-corrected chi connectivity index (χ1v) is 15.1. The van der Waals surface area contributed by atoms with E-state index in [0.717, 1.165) is 42.6 Å². The molecule has 1 aromatic heterocycles. The highest BCUT2D eigenvalue weighted by Gasteiger charge is 2.35. The van der Waals surface area contributed by atoms with Crippen LogP contribution in [0.5, 0.6) is 0 Å². The summed E-state index contributed by atoms with van der Waals surface area (Å²) in [5, 5.41) is 3.14. The van der Waals surface area contributed by atoms with Crippen LogP contribution in [-0.2, 0) is 9.47 Å². The number of amides is 3. The van der Waals surface area contributed by atoms with E-state index >= 15 is 0 Å². The normalized spacial score (nSPS) is 20.8. The van der Waals surface area contributed by atoms with Gasteiger partial charge in [-0.1, -0.05) is 38.7 Å². The van der Waals surface area contributed by atoms with Gasteiger partial charge in [0.05, 0.1) is 18.8 Å². The van der Waals surface area contributed by atoms with Gasteiger partial charge in [0.2, 0.25) is 0 Å². The Bertz CT molecular complexity index is 1070. The molecule has 1 aromatic rings. The van der Waals surface area contributed by atoms with E-state index in [1.807, 2.05) is 49.8 Å². The number of carbonyl (C=O) groups is 2. The summed E-state index contributed by atoms with van der Waals surface area (Å²) in [5.74, 6) is 1.03. The summed E-state index contributed by atoms with van der Waals surface area (Å²) in [6.45, 7) is 21.4. The number of aromatic amines is 1. The van der Waals surface area contributed by atoms with Crippen LogP contribution in [-0.4, -0.2) is 90.5 Å². The molecule has 0 saturated carbocycles. The monoisotopic (exact) mass is 571 g/mol. The van der Waals surface area contributed by atoms with Crippen LogP contribution in [0.1, 0.15) is 78.4 Å². The number of ether oxygens (including phenoxy) is 2. The molecule has 41 heavy (non-hydrogen) atoms. The van der Waals surface area contributed by atoms with Crippen molar-refractivity contribution in [2.24, 2.45) is 5.41 Å². The number of hydrogen-bond donors (Lipinski definition) is 2. The van der Waals surface area contributed by atoms with Crippen LogP contribution in [0.25, 0.3) is 6.08 Å². The zero-order valence-corrected chi connectivity index (χ0v) is 26.6. The molecule has 0 bridgehead atoms. The second-order valence-electron chi connectivity index (χ2n) is 13.2. The molecule has 3 rings (SSSR count). The number of aromatic nitrogens is 1. The molecular formula is C32H53N5O4. The van der Waals surface area contributed by atoms with Crippen molar-refractivity contribution in [3.05, 3.63) is 36.1 Å². The van der Waals surface area contributed by atoms with Crippen LogP contribution < -0.4 is 10.2 Å². The Morgan fingerprint density at radius 2 is 2.02 bits per heavy atom. The highest BCUT2D eigenvalue weighted by Crippen LogP contribution is 2.36. The second kappa shape index (κ2) is 13.8. The summed E-state index contributed by atoms with van der Waals surface area (Å²) in [6.07, 6.45) is 11.6. The Morgan fingerprint density at radius 3 is 2.68 bits per heavy atom. The summed E-state index contributed by atoms with van der Waals surface area (Å²) in [7, 11) is 2.12. The highest BCUT2D eigenvalue weighted by molar-refractivity contribution is 5.74. The third kappa shape index (κ3) is 8.77. The van der Waals surface area contributed by atoms with Crippen molar-refractivity contribution >= 4 is 24.0 Å². The van der Waals surface area contributed by atoms with E-state index in [1.165, 1.54) is 0 Å². The van der Waals surface area contributed by atoms with Crippen molar-refractivity contribution in [2.75, 3.05) is 44.7 Å². The molecule has 2 saturated heterocycles. The fourth-order valence-corrected chi connectivity index (χ4v) is 5.90. The van der Waals surface area contributed by atoms with Gasteiger partial charge in [-0.05, 0) is 71.3 Å². The molecule has 2 N–H and O–H groups in total. The quantitative estimate of drug-likeness (QED) is 0.338. The SMILES string of the molecule is C=Cc1c(C)c[nH]c1N(C)[C@H](C/C=C/[C@@H]1CCCN1C(=O)OC(C)(C)C)C(C)(C)CCNC(=O)N1CCO[C@@H](C)C1. The first-order chi connectivity index (χ1) is 19.2. The van der Waals surface area contributed by atoms with Gasteiger partial charge in [0, 0.05) is 51.0 Å². The van der Waals surface area contributed by atoms with Crippen LogP contribution in [0.15, 0.2) is 24.9 Å². The molecule has 0 aromatic carbocycles. The first-order valence-electron chi connectivity index (χ1n) is 15.1. The number of urea groups is 1. The summed E-state index contributed by atoms with van der Waals surface area (Å²) in [4.78, 5) is 35.0. The van der Waals surface area contributed by atoms with Crippen molar-refractivity contribution in [3.63, 3.8) is 0 Å². The van der Waals surface area contributed by atoms with Crippen molar-refractivity contribution in [1.29, 1.82) is 0 Å². The third-order valence-electron chi connectivity index (χ3n) is 8.25.